The van der Waals surface area contributed by atoms with Crippen LogP contribution in [0, 0.1) is 13.8 Å². The number of carbonyl (C=O) groups is 2. The van der Waals surface area contributed by atoms with E-state index in [2.05, 4.69) is 41.1 Å². The maximum Gasteiger partial charge on any atom is 0.270 e. The number of carbonyl (C=O) groups excluding carboxylic acids is 2. The van der Waals surface area contributed by atoms with Gasteiger partial charge in [-0.05, 0) is 92.2 Å². The summed E-state index contributed by atoms with van der Waals surface area (Å²) >= 11 is 5.32. The minimum absolute atomic E-state index is 0.0522. The fourth-order valence-electron chi connectivity index (χ4n) is 4.16. The summed E-state index contributed by atoms with van der Waals surface area (Å²) in [6.07, 6.45) is 2.55. The highest BCUT2D eigenvalue weighted by Crippen LogP contribution is 2.27. The molecule has 1 aromatic heterocycles. The third-order valence-electron chi connectivity index (χ3n) is 6.10. The van der Waals surface area contributed by atoms with Crippen molar-refractivity contribution in [3.63, 3.8) is 0 Å². The fourth-order valence-corrected chi connectivity index (χ4v) is 4.44. The quantitative estimate of drug-likeness (QED) is 0.336. The molecule has 7 heteroatoms. The molecule has 2 aromatic carbocycles. The van der Waals surface area contributed by atoms with Gasteiger partial charge >= 0.3 is 0 Å². The number of aryl methyl sites for hydroxylation is 2. The van der Waals surface area contributed by atoms with Gasteiger partial charge in [0, 0.05) is 36.9 Å². The van der Waals surface area contributed by atoms with Gasteiger partial charge in [-0.1, -0.05) is 19.1 Å². The monoisotopic (exact) mass is 472 g/mol. The van der Waals surface area contributed by atoms with Crippen LogP contribution in [0.4, 0.5) is 11.4 Å². The smallest absolute Gasteiger partial charge is 0.270 e. The summed E-state index contributed by atoms with van der Waals surface area (Å²) in [7, 11) is 4.01. The third-order valence-corrected chi connectivity index (χ3v) is 6.38. The number of aromatic nitrogens is 1. The van der Waals surface area contributed by atoms with Gasteiger partial charge < -0.3 is 9.47 Å². The Balaban J connectivity index is 1.71. The first kappa shape index (κ1) is 23.4. The SMILES string of the molecule is CCc1ccc(N2C(=O)/C(=C/c3cc(C)n(-c4ccc(N(C)C)cc4)c3C)C(=O)NC2=S)cc1. The Kier molecular flexibility index (Phi) is 6.39. The lowest BCUT2D eigenvalue weighted by molar-refractivity contribution is -0.122. The van der Waals surface area contributed by atoms with E-state index in [1.54, 1.807) is 6.08 Å². The molecule has 1 saturated heterocycles. The molecule has 2 heterocycles. The predicted molar refractivity (Wildman–Crippen MR) is 142 cm³/mol. The van der Waals surface area contributed by atoms with Gasteiger partial charge in [0.05, 0.1) is 5.69 Å². The Morgan fingerprint density at radius 1 is 0.971 bits per heavy atom. The first-order valence-electron chi connectivity index (χ1n) is 11.2. The van der Waals surface area contributed by atoms with E-state index < -0.39 is 11.8 Å². The van der Waals surface area contributed by atoms with Gasteiger partial charge in [0.2, 0.25) is 0 Å². The number of nitrogens with one attached hydrogen (secondary N) is 1. The Labute approximate surface area is 205 Å². The van der Waals surface area contributed by atoms with Gasteiger partial charge in [0.15, 0.2) is 5.11 Å². The molecule has 34 heavy (non-hydrogen) atoms. The van der Waals surface area contributed by atoms with Gasteiger partial charge in [0.1, 0.15) is 5.57 Å². The van der Waals surface area contributed by atoms with Gasteiger partial charge in [-0.25, -0.2) is 0 Å². The molecule has 0 aliphatic carbocycles. The Hall–Kier alpha value is -3.71. The van der Waals surface area contributed by atoms with Crippen LogP contribution in [0.3, 0.4) is 0 Å². The molecule has 0 unspecified atom stereocenters. The minimum atomic E-state index is -0.489. The standard InChI is InChI=1S/C27H28N4O2S/c1-6-19-7-9-23(10-8-19)31-26(33)24(25(32)28-27(31)34)16-20-15-17(2)30(18(20)3)22-13-11-21(12-14-22)29(4)5/h7-16H,6H2,1-5H3,(H,28,32,34)/b24-16+. The summed E-state index contributed by atoms with van der Waals surface area (Å²) in [5.41, 5.74) is 6.72. The first-order chi connectivity index (χ1) is 16.2. The molecule has 1 aliphatic heterocycles. The van der Waals surface area contributed by atoms with Gasteiger partial charge in [-0.2, -0.15) is 0 Å². The molecule has 0 spiro atoms. The number of nitrogens with zero attached hydrogens (tertiary/aromatic N) is 3. The molecule has 2 amide bonds. The van der Waals surface area contributed by atoms with Crippen LogP contribution >= 0.6 is 12.2 Å². The highest BCUT2D eigenvalue weighted by atomic mass is 32.1. The summed E-state index contributed by atoms with van der Waals surface area (Å²) in [6, 6.07) is 17.8. The maximum atomic E-state index is 13.4. The van der Waals surface area contributed by atoms with Crippen molar-refractivity contribution in [2.24, 2.45) is 0 Å². The van der Waals surface area contributed by atoms with E-state index in [0.29, 0.717) is 5.69 Å². The number of benzene rings is 2. The van der Waals surface area contributed by atoms with Crippen molar-refractivity contribution in [1.29, 1.82) is 0 Å². The van der Waals surface area contributed by atoms with Crippen molar-refractivity contribution in [2.45, 2.75) is 27.2 Å². The Morgan fingerprint density at radius 2 is 1.59 bits per heavy atom. The molecule has 1 aliphatic rings. The van der Waals surface area contributed by atoms with Crippen LogP contribution in [-0.2, 0) is 16.0 Å². The van der Waals surface area contributed by atoms with E-state index in [1.807, 2.05) is 63.2 Å². The Morgan fingerprint density at radius 3 is 2.18 bits per heavy atom. The number of rotatable bonds is 5. The molecule has 0 atom stereocenters. The zero-order valence-corrected chi connectivity index (χ0v) is 20.9. The number of hydrogen-bond acceptors (Lipinski definition) is 4. The molecule has 6 nitrogen and oxygen atoms in total. The van der Waals surface area contributed by atoms with E-state index >= 15 is 0 Å². The van der Waals surface area contributed by atoms with Crippen molar-refractivity contribution in [1.82, 2.24) is 9.88 Å². The zero-order chi connectivity index (χ0) is 24.6. The summed E-state index contributed by atoms with van der Waals surface area (Å²) < 4.78 is 2.11. The molecule has 4 rings (SSSR count). The average molecular weight is 473 g/mol. The van der Waals surface area contributed by atoms with E-state index in [-0.39, 0.29) is 10.7 Å². The van der Waals surface area contributed by atoms with Crippen molar-refractivity contribution >= 4 is 46.6 Å². The van der Waals surface area contributed by atoms with Crippen LogP contribution < -0.4 is 15.1 Å². The van der Waals surface area contributed by atoms with Crippen LogP contribution in [0.1, 0.15) is 29.4 Å². The molecular formula is C27H28N4O2S. The fraction of sp³-hybridized carbons (Fsp3) is 0.222. The summed E-state index contributed by atoms with van der Waals surface area (Å²) in [5.74, 6) is -0.922. The summed E-state index contributed by atoms with van der Waals surface area (Å²) in [6.45, 7) is 6.06. The molecule has 0 saturated carbocycles. The van der Waals surface area contributed by atoms with Crippen LogP contribution in [0.15, 0.2) is 60.2 Å². The first-order valence-corrected chi connectivity index (χ1v) is 11.6. The second kappa shape index (κ2) is 9.27. The summed E-state index contributed by atoms with van der Waals surface area (Å²) in [5, 5.41) is 2.75. The largest absolute Gasteiger partial charge is 0.378 e. The molecular weight excluding hydrogens is 444 g/mol. The lowest BCUT2D eigenvalue weighted by atomic mass is 10.1. The molecule has 0 radical (unpaired) electrons. The average Bonchev–Trinajstić information content (AvgIpc) is 3.09. The zero-order valence-electron chi connectivity index (χ0n) is 20.0. The second-order valence-corrected chi connectivity index (χ2v) is 8.94. The minimum Gasteiger partial charge on any atom is -0.378 e. The highest BCUT2D eigenvalue weighted by molar-refractivity contribution is 7.80. The number of amides is 2. The topological polar surface area (TPSA) is 57.6 Å². The maximum absolute atomic E-state index is 13.4. The molecule has 1 N–H and O–H groups in total. The van der Waals surface area contributed by atoms with Crippen molar-refractivity contribution in [3.8, 4) is 5.69 Å². The van der Waals surface area contributed by atoms with Gasteiger partial charge in [0.25, 0.3) is 11.8 Å². The third kappa shape index (κ3) is 4.26. The lowest BCUT2D eigenvalue weighted by Gasteiger charge is -2.29. The van der Waals surface area contributed by atoms with E-state index in [0.717, 1.165) is 40.3 Å². The molecule has 1 fully saturated rings. The number of hydrogen-bond donors (Lipinski definition) is 1. The van der Waals surface area contributed by atoms with Crippen LogP contribution in [0.5, 0.6) is 0 Å². The Bertz CT molecular complexity index is 1300. The van der Waals surface area contributed by atoms with E-state index in [4.69, 9.17) is 12.2 Å². The van der Waals surface area contributed by atoms with Crippen LogP contribution in [0.25, 0.3) is 11.8 Å². The van der Waals surface area contributed by atoms with Crippen LogP contribution in [-0.4, -0.2) is 35.6 Å². The molecule has 0 bridgehead atoms. The van der Waals surface area contributed by atoms with E-state index in [1.165, 1.54) is 4.90 Å². The molecule has 3 aromatic rings. The second-order valence-electron chi connectivity index (χ2n) is 8.55. The summed E-state index contributed by atoms with van der Waals surface area (Å²) in [4.78, 5) is 29.5. The van der Waals surface area contributed by atoms with Crippen molar-refractivity contribution in [2.75, 3.05) is 23.9 Å². The predicted octanol–water partition coefficient (Wildman–Crippen LogP) is 4.55. The normalized spacial score (nSPS) is 15.1. The van der Waals surface area contributed by atoms with Crippen LogP contribution in [0.2, 0.25) is 0 Å². The van der Waals surface area contributed by atoms with Crippen molar-refractivity contribution < 1.29 is 9.59 Å². The van der Waals surface area contributed by atoms with Gasteiger partial charge in [-0.3, -0.25) is 19.8 Å². The van der Waals surface area contributed by atoms with Gasteiger partial charge in [-0.15, -0.1) is 0 Å². The van der Waals surface area contributed by atoms with E-state index in [9.17, 15) is 9.59 Å². The number of anilines is 2. The van der Waals surface area contributed by atoms with Crippen molar-refractivity contribution in [3.05, 3.63) is 82.7 Å². The highest BCUT2D eigenvalue weighted by Gasteiger charge is 2.34. The molecule has 174 valence electrons. The lowest BCUT2D eigenvalue weighted by Crippen LogP contribution is -2.54. The number of thiocarbonyl (C=S) groups is 1.